The summed E-state index contributed by atoms with van der Waals surface area (Å²) in [6.07, 6.45) is 0. The molecule has 28 heavy (non-hydrogen) atoms. The summed E-state index contributed by atoms with van der Waals surface area (Å²) in [7, 11) is 0. The zero-order valence-electron chi connectivity index (χ0n) is 14.9. The third kappa shape index (κ3) is 1.87. The molecule has 0 atom stereocenters. The van der Waals surface area contributed by atoms with Crippen molar-refractivity contribution in [2.24, 2.45) is 0 Å². The molecule has 0 aromatic heterocycles. The molecule has 4 aromatic rings. The van der Waals surface area contributed by atoms with Gasteiger partial charge < -0.3 is 4.90 Å². The molecule has 0 fully saturated rings. The van der Waals surface area contributed by atoms with E-state index in [0.29, 0.717) is 5.99 Å². The maximum atomic E-state index is 2.50. The number of hydrogen-bond donors (Lipinski definition) is 0. The molecule has 0 saturated carbocycles. The van der Waals surface area contributed by atoms with Crippen LogP contribution >= 0.6 is 23.4 Å². The Bertz CT molecular complexity index is 1300. The van der Waals surface area contributed by atoms with Gasteiger partial charge in [0.15, 0.2) is 0 Å². The van der Waals surface area contributed by atoms with Crippen molar-refractivity contribution in [2.45, 2.75) is 14.7 Å². The van der Waals surface area contributed by atoms with Crippen LogP contribution in [0.2, 0.25) is 0 Å². The average molecular weight is 391 g/mol. The van der Waals surface area contributed by atoms with E-state index in [-0.39, 0.29) is 0 Å². The van der Waals surface area contributed by atoms with Gasteiger partial charge in [-0.3, -0.25) is 0 Å². The number of anilines is 3. The molecule has 0 spiro atoms. The number of hydrogen-bond acceptors (Lipinski definition) is 3. The zero-order chi connectivity index (χ0) is 18.2. The van der Waals surface area contributed by atoms with E-state index in [9.17, 15) is 0 Å². The maximum Gasteiger partial charge on any atom is 0.285 e. The number of fused-ring (bicyclic) bond motifs is 7. The molecule has 0 N–H and O–H groups in total. The molecule has 0 radical (unpaired) electrons. The summed E-state index contributed by atoms with van der Waals surface area (Å²) in [4.78, 5) is 6.57. The molecule has 0 amide bonds. The van der Waals surface area contributed by atoms with E-state index in [4.69, 9.17) is 0 Å². The average Bonchev–Trinajstić information content (AvgIpc) is 2.76. The molecular formula is C24H14BNS2. The minimum absolute atomic E-state index is 0.346. The molecule has 1 nitrogen and oxygen atoms in total. The van der Waals surface area contributed by atoms with Gasteiger partial charge in [-0.05, 0) is 52.4 Å². The molecule has 3 aliphatic rings. The Morgan fingerprint density at radius 1 is 0.607 bits per heavy atom. The molecule has 0 saturated heterocycles. The van der Waals surface area contributed by atoms with E-state index in [2.05, 4.69) is 89.8 Å². The van der Waals surface area contributed by atoms with E-state index in [0.717, 1.165) is 0 Å². The molecule has 4 heteroatoms. The summed E-state index contributed by atoms with van der Waals surface area (Å²) in [5, 5.41) is 0. The molecular weight excluding hydrogens is 377 g/mol. The van der Waals surface area contributed by atoms with E-state index in [1.807, 2.05) is 23.4 Å². The third-order valence-corrected chi connectivity index (χ3v) is 8.32. The maximum absolute atomic E-state index is 2.50. The smallest absolute Gasteiger partial charge is 0.285 e. The minimum atomic E-state index is 0.346. The highest BCUT2D eigenvalue weighted by atomic mass is 32.2. The minimum Gasteiger partial charge on any atom is -0.309 e. The van der Waals surface area contributed by atoms with Gasteiger partial charge in [0, 0.05) is 20.4 Å². The van der Waals surface area contributed by atoms with Crippen LogP contribution in [-0.2, 0) is 0 Å². The van der Waals surface area contributed by atoms with Crippen molar-refractivity contribution in [3.63, 3.8) is 0 Å². The number of para-hydroxylation sites is 2. The normalized spacial score (nSPS) is 14.7. The number of benzene rings is 4. The van der Waals surface area contributed by atoms with Gasteiger partial charge in [-0.15, -0.1) is 0 Å². The van der Waals surface area contributed by atoms with Crippen molar-refractivity contribution in [3.05, 3.63) is 84.9 Å². The van der Waals surface area contributed by atoms with Crippen LogP contribution in [-0.4, -0.2) is 5.99 Å². The largest absolute Gasteiger partial charge is 0.309 e. The predicted molar refractivity (Wildman–Crippen MR) is 122 cm³/mol. The molecule has 0 aliphatic carbocycles. The van der Waals surface area contributed by atoms with E-state index in [1.165, 1.54) is 53.8 Å². The van der Waals surface area contributed by atoms with Crippen LogP contribution in [0.25, 0.3) is 11.1 Å². The van der Waals surface area contributed by atoms with Gasteiger partial charge in [0.05, 0.1) is 11.4 Å². The fraction of sp³-hybridized carbons (Fsp3) is 0. The van der Waals surface area contributed by atoms with Crippen molar-refractivity contribution in [1.82, 2.24) is 0 Å². The van der Waals surface area contributed by atoms with E-state index >= 15 is 0 Å². The van der Waals surface area contributed by atoms with Crippen LogP contribution in [0.15, 0.2) is 99.6 Å². The van der Waals surface area contributed by atoms with Crippen LogP contribution in [0.3, 0.4) is 0 Å². The fourth-order valence-corrected chi connectivity index (χ4v) is 7.21. The lowest BCUT2D eigenvalue weighted by Crippen LogP contribution is -2.50. The highest BCUT2D eigenvalue weighted by Gasteiger charge is 2.42. The summed E-state index contributed by atoms with van der Waals surface area (Å²) < 4.78 is 0. The first-order chi connectivity index (χ1) is 13.9. The highest BCUT2D eigenvalue weighted by molar-refractivity contribution is 8.28. The van der Waals surface area contributed by atoms with Crippen LogP contribution in [0.5, 0.6) is 0 Å². The molecule has 3 heterocycles. The van der Waals surface area contributed by atoms with Crippen LogP contribution in [0.1, 0.15) is 0 Å². The number of nitrogens with zero attached hydrogens (tertiary/aromatic N) is 1. The van der Waals surface area contributed by atoms with Gasteiger partial charge >= 0.3 is 0 Å². The van der Waals surface area contributed by atoms with Crippen molar-refractivity contribution in [3.8, 4) is 11.1 Å². The summed E-state index contributed by atoms with van der Waals surface area (Å²) in [6, 6.07) is 31.2. The number of rotatable bonds is 0. The van der Waals surface area contributed by atoms with Gasteiger partial charge in [-0.2, -0.15) is 11.6 Å². The lowest BCUT2D eigenvalue weighted by atomic mass is 9.56. The Hall–Kier alpha value is -2.56. The third-order valence-electron chi connectivity index (χ3n) is 5.87. The van der Waals surface area contributed by atoms with Gasteiger partial charge in [0.2, 0.25) is 0 Å². The lowest BCUT2D eigenvalue weighted by molar-refractivity contribution is 1.17. The highest BCUT2D eigenvalue weighted by Crippen LogP contribution is 2.54. The molecule has 0 unspecified atom stereocenters. The standard InChI is InChI=1S/C24H14BNS2/c1-5-11-20-15(7-1)16-13-14-22-24-23(16)25(28-20)17-8-2-3-9-18(17)26(24)19-10-4-6-12-21(19)27-22/h1-14H. The SMILES string of the molecule is c1ccc2c(c1)SB1c3ccccc3N3c4ccccc4Sc4ccc-2c1c43. The molecule has 4 aromatic carbocycles. The molecule has 130 valence electrons. The van der Waals surface area contributed by atoms with Crippen molar-refractivity contribution in [1.29, 1.82) is 0 Å². The van der Waals surface area contributed by atoms with Crippen molar-refractivity contribution >= 4 is 57.4 Å². The van der Waals surface area contributed by atoms with Gasteiger partial charge in [-0.25, -0.2) is 0 Å². The Morgan fingerprint density at radius 3 is 2.29 bits per heavy atom. The summed E-state index contributed by atoms with van der Waals surface area (Å²) >= 11 is 3.90. The van der Waals surface area contributed by atoms with Gasteiger partial charge in [0.25, 0.3) is 5.99 Å². The molecule has 0 bridgehead atoms. The second-order valence-corrected chi connectivity index (χ2v) is 9.56. The zero-order valence-corrected chi connectivity index (χ0v) is 16.6. The monoisotopic (exact) mass is 391 g/mol. The van der Waals surface area contributed by atoms with Gasteiger partial charge in [0.1, 0.15) is 0 Å². The quantitative estimate of drug-likeness (QED) is 0.307. The Balaban J connectivity index is 1.63. The Morgan fingerprint density at radius 2 is 1.36 bits per heavy atom. The van der Waals surface area contributed by atoms with Gasteiger partial charge in [-0.1, -0.05) is 66.4 Å². The first-order valence-corrected chi connectivity index (χ1v) is 11.2. The van der Waals surface area contributed by atoms with Crippen LogP contribution < -0.4 is 15.8 Å². The Kier molecular flexibility index (Phi) is 3.02. The predicted octanol–water partition coefficient (Wildman–Crippen LogP) is 5.81. The van der Waals surface area contributed by atoms with Crippen LogP contribution in [0.4, 0.5) is 17.1 Å². The second kappa shape index (κ2) is 5.50. The van der Waals surface area contributed by atoms with E-state index < -0.39 is 0 Å². The second-order valence-electron chi connectivity index (χ2n) is 7.33. The topological polar surface area (TPSA) is 3.24 Å². The lowest BCUT2D eigenvalue weighted by Gasteiger charge is -2.43. The van der Waals surface area contributed by atoms with Crippen LogP contribution in [0, 0.1) is 0 Å². The van der Waals surface area contributed by atoms with Crippen molar-refractivity contribution in [2.75, 3.05) is 4.90 Å². The van der Waals surface area contributed by atoms with E-state index in [1.54, 1.807) is 0 Å². The summed E-state index contributed by atoms with van der Waals surface area (Å²) in [5.74, 6) is 0.346. The Labute approximate surface area is 172 Å². The molecule has 3 aliphatic heterocycles. The first kappa shape index (κ1) is 15.4. The van der Waals surface area contributed by atoms with Crippen molar-refractivity contribution < 1.29 is 0 Å². The molecule has 7 rings (SSSR count). The summed E-state index contributed by atoms with van der Waals surface area (Å²) in [6.45, 7) is 0. The fourth-order valence-electron chi connectivity index (χ4n) is 4.73. The summed E-state index contributed by atoms with van der Waals surface area (Å²) in [5.41, 5.74) is 9.63. The first-order valence-electron chi connectivity index (χ1n) is 9.49.